The highest BCUT2D eigenvalue weighted by Crippen LogP contribution is 2.19. The highest BCUT2D eigenvalue weighted by Gasteiger charge is 2.20. The third kappa shape index (κ3) is 61.4. The van der Waals surface area contributed by atoms with Crippen molar-refractivity contribution < 1.29 is 24.5 Å². The number of nitrogens with one attached hydrogen (secondary N) is 1. The molecule has 444 valence electrons. The number of hydrogen-bond donors (Lipinski definition) is 3. The van der Waals surface area contributed by atoms with Crippen LogP contribution in [0.4, 0.5) is 0 Å². The van der Waals surface area contributed by atoms with Crippen LogP contribution in [0.15, 0.2) is 24.3 Å². The molecule has 0 rings (SSSR count). The van der Waals surface area contributed by atoms with E-state index >= 15 is 0 Å². The third-order valence-electron chi connectivity index (χ3n) is 16.0. The molecular weight excluding hydrogens is 923 g/mol. The van der Waals surface area contributed by atoms with Crippen LogP contribution in [-0.4, -0.2) is 47.4 Å². The number of ether oxygens (including phenoxy) is 1. The topological polar surface area (TPSA) is 95.9 Å². The first-order valence-corrected chi connectivity index (χ1v) is 34.1. The second-order valence-corrected chi connectivity index (χ2v) is 23.5. The summed E-state index contributed by atoms with van der Waals surface area (Å²) >= 11 is 0. The van der Waals surface area contributed by atoms with Crippen molar-refractivity contribution >= 4 is 11.9 Å². The van der Waals surface area contributed by atoms with Gasteiger partial charge in [0.15, 0.2) is 0 Å². The Bertz CT molecular complexity index is 1170. The van der Waals surface area contributed by atoms with Crippen molar-refractivity contribution in [1.29, 1.82) is 0 Å². The second kappa shape index (κ2) is 64.9. The van der Waals surface area contributed by atoms with E-state index in [1.54, 1.807) is 0 Å². The van der Waals surface area contributed by atoms with Gasteiger partial charge in [0.1, 0.15) is 0 Å². The Morgan fingerprint density at radius 1 is 0.373 bits per heavy atom. The minimum atomic E-state index is -0.676. The van der Waals surface area contributed by atoms with E-state index in [0.29, 0.717) is 25.9 Å². The van der Waals surface area contributed by atoms with Gasteiger partial charge in [0.05, 0.1) is 25.4 Å². The number of allylic oxidation sites excluding steroid dienone is 4. The van der Waals surface area contributed by atoms with Crippen LogP contribution in [-0.2, 0) is 14.3 Å². The molecule has 0 radical (unpaired) electrons. The number of carbonyl (C=O) groups is 2. The minimum Gasteiger partial charge on any atom is -0.466 e. The summed E-state index contributed by atoms with van der Waals surface area (Å²) in [5, 5.41) is 23.4. The fourth-order valence-electron chi connectivity index (χ4n) is 10.8. The van der Waals surface area contributed by atoms with Gasteiger partial charge >= 0.3 is 5.97 Å². The van der Waals surface area contributed by atoms with Crippen molar-refractivity contribution in [3.63, 3.8) is 0 Å². The first-order chi connectivity index (χ1) is 37.0. The molecule has 0 aliphatic carbocycles. The maximum atomic E-state index is 12.5. The summed E-state index contributed by atoms with van der Waals surface area (Å²) in [4.78, 5) is 24.6. The number of rotatable bonds is 64. The summed E-state index contributed by atoms with van der Waals surface area (Å²) in [7, 11) is 0. The van der Waals surface area contributed by atoms with Crippen LogP contribution in [0.3, 0.4) is 0 Å². The van der Waals surface area contributed by atoms with Crippen molar-refractivity contribution in [3.05, 3.63) is 24.3 Å². The Hall–Kier alpha value is -1.66. The molecule has 0 saturated heterocycles. The quantitative estimate of drug-likeness (QED) is 0.0320. The molecular formula is C69H133NO5. The van der Waals surface area contributed by atoms with Crippen molar-refractivity contribution in [3.8, 4) is 0 Å². The van der Waals surface area contributed by atoms with Gasteiger partial charge in [-0.25, -0.2) is 0 Å². The molecule has 2 atom stereocenters. The van der Waals surface area contributed by atoms with Crippen LogP contribution >= 0.6 is 0 Å². The summed E-state index contributed by atoms with van der Waals surface area (Å²) in [6.45, 7) is 4.95. The average Bonchev–Trinajstić information content (AvgIpc) is 3.41. The fraction of sp³-hybridized carbons (Fsp3) is 0.913. The van der Waals surface area contributed by atoms with E-state index in [-0.39, 0.29) is 18.5 Å². The Kier molecular flexibility index (Phi) is 63.4. The molecule has 3 N–H and O–H groups in total. The molecule has 0 aromatic carbocycles. The van der Waals surface area contributed by atoms with Gasteiger partial charge in [-0.2, -0.15) is 0 Å². The van der Waals surface area contributed by atoms with Crippen LogP contribution in [0.1, 0.15) is 380 Å². The summed E-state index contributed by atoms with van der Waals surface area (Å²) in [5.74, 6) is -0.0568. The lowest BCUT2D eigenvalue weighted by Crippen LogP contribution is -2.45. The minimum absolute atomic E-state index is 0.00998. The van der Waals surface area contributed by atoms with Crippen molar-refractivity contribution in [2.24, 2.45) is 0 Å². The highest BCUT2D eigenvalue weighted by atomic mass is 16.5. The van der Waals surface area contributed by atoms with Gasteiger partial charge < -0.3 is 20.3 Å². The average molecular weight is 1060 g/mol. The normalized spacial score (nSPS) is 12.6. The van der Waals surface area contributed by atoms with Crippen LogP contribution in [0.5, 0.6) is 0 Å². The largest absolute Gasteiger partial charge is 0.466 e. The number of carbonyl (C=O) groups excluding carboxylic acids is 2. The Balaban J connectivity index is 3.46. The SMILES string of the molecule is CCCCCCCCCCCCCCCCCCCCCCCCCC(O)C(CO)NC(=O)CCCCCCCCC/C=C\C/C=C\CCCCCOC(=O)CCCCCCCCCCCCCCCCCCCC. The van der Waals surface area contributed by atoms with Gasteiger partial charge in [0, 0.05) is 12.8 Å². The smallest absolute Gasteiger partial charge is 0.305 e. The van der Waals surface area contributed by atoms with E-state index < -0.39 is 12.1 Å². The van der Waals surface area contributed by atoms with Crippen molar-refractivity contribution in [2.75, 3.05) is 13.2 Å². The molecule has 0 spiro atoms. The van der Waals surface area contributed by atoms with E-state index in [1.807, 2.05) is 0 Å². The molecule has 75 heavy (non-hydrogen) atoms. The van der Waals surface area contributed by atoms with Crippen LogP contribution in [0, 0.1) is 0 Å². The fourth-order valence-corrected chi connectivity index (χ4v) is 10.8. The highest BCUT2D eigenvalue weighted by molar-refractivity contribution is 5.76. The van der Waals surface area contributed by atoms with Crippen LogP contribution in [0.25, 0.3) is 0 Å². The Morgan fingerprint density at radius 3 is 1.01 bits per heavy atom. The molecule has 6 heteroatoms. The molecule has 6 nitrogen and oxygen atoms in total. The van der Waals surface area contributed by atoms with Gasteiger partial charge in [-0.05, 0) is 64.2 Å². The van der Waals surface area contributed by atoms with Gasteiger partial charge in [-0.15, -0.1) is 0 Å². The lowest BCUT2D eigenvalue weighted by Gasteiger charge is -2.22. The molecule has 2 unspecified atom stereocenters. The Morgan fingerprint density at radius 2 is 0.667 bits per heavy atom. The predicted molar refractivity (Wildman–Crippen MR) is 329 cm³/mol. The molecule has 1 amide bonds. The predicted octanol–water partition coefficient (Wildman–Crippen LogP) is 21.8. The van der Waals surface area contributed by atoms with E-state index in [1.165, 1.54) is 263 Å². The number of esters is 1. The van der Waals surface area contributed by atoms with E-state index in [2.05, 4.69) is 43.5 Å². The maximum absolute atomic E-state index is 12.5. The molecule has 0 bridgehead atoms. The molecule has 0 aromatic heterocycles. The lowest BCUT2D eigenvalue weighted by atomic mass is 10.0. The Labute approximate surface area is 469 Å². The molecule has 0 aliphatic heterocycles. The molecule has 0 aliphatic rings. The monoisotopic (exact) mass is 1060 g/mol. The van der Waals surface area contributed by atoms with Crippen LogP contribution in [0.2, 0.25) is 0 Å². The third-order valence-corrected chi connectivity index (χ3v) is 16.0. The maximum Gasteiger partial charge on any atom is 0.305 e. The second-order valence-electron chi connectivity index (χ2n) is 23.5. The van der Waals surface area contributed by atoms with Gasteiger partial charge in [-0.1, -0.05) is 327 Å². The van der Waals surface area contributed by atoms with Gasteiger partial charge in [-0.3, -0.25) is 9.59 Å². The zero-order valence-electron chi connectivity index (χ0n) is 50.8. The summed E-state index contributed by atoms with van der Waals surface area (Å²) in [5.41, 5.74) is 0. The number of amides is 1. The van der Waals surface area contributed by atoms with Gasteiger partial charge in [0.25, 0.3) is 0 Å². The summed E-state index contributed by atoms with van der Waals surface area (Å²) < 4.78 is 5.48. The lowest BCUT2D eigenvalue weighted by molar-refractivity contribution is -0.143. The standard InChI is InChI=1S/C69H133NO5/c1-3-5-7-9-11-13-15-17-19-21-23-24-25-26-27-29-33-37-41-45-49-53-57-61-67(72)66(65-71)70-68(73)62-58-54-50-46-42-38-34-30-28-32-36-40-44-48-52-56-60-64-75-69(74)63-59-55-51-47-43-39-35-31-22-20-18-16-14-12-10-8-6-4-2/h28,32,40,44,66-67,71-72H,3-27,29-31,33-39,41-43,45-65H2,1-2H3,(H,70,73)/b32-28-,44-40-. The van der Waals surface area contributed by atoms with Crippen molar-refractivity contribution in [1.82, 2.24) is 5.32 Å². The van der Waals surface area contributed by atoms with E-state index in [9.17, 15) is 19.8 Å². The van der Waals surface area contributed by atoms with Crippen LogP contribution < -0.4 is 5.32 Å². The number of hydrogen-bond acceptors (Lipinski definition) is 5. The zero-order chi connectivity index (χ0) is 54.3. The van der Waals surface area contributed by atoms with E-state index in [0.717, 1.165) is 83.5 Å². The van der Waals surface area contributed by atoms with Crippen molar-refractivity contribution in [2.45, 2.75) is 392 Å². The van der Waals surface area contributed by atoms with Gasteiger partial charge in [0.2, 0.25) is 5.91 Å². The zero-order valence-corrected chi connectivity index (χ0v) is 50.8. The summed E-state index contributed by atoms with van der Waals surface area (Å²) in [6, 6.07) is -0.555. The molecule has 0 heterocycles. The summed E-state index contributed by atoms with van der Waals surface area (Å²) in [6.07, 6.45) is 80.7. The number of aliphatic hydroxyl groups is 2. The molecule has 0 aromatic rings. The molecule has 0 saturated carbocycles. The first kappa shape index (κ1) is 73.3. The number of unbranched alkanes of at least 4 members (excludes halogenated alkanes) is 49. The van der Waals surface area contributed by atoms with E-state index in [4.69, 9.17) is 4.74 Å². The first-order valence-electron chi connectivity index (χ1n) is 34.1. The molecule has 0 fully saturated rings. The number of aliphatic hydroxyl groups excluding tert-OH is 2.